The molecule has 0 aromatic heterocycles. The third-order valence-electron chi connectivity index (χ3n) is 2.05. The minimum absolute atomic E-state index is 0.0440. The molecule has 0 radical (unpaired) electrons. The molecule has 1 rings (SSSR count). The number of aliphatic hydroxyl groups is 1. The van der Waals surface area contributed by atoms with Crippen LogP contribution in [0.3, 0.4) is 0 Å². The summed E-state index contributed by atoms with van der Waals surface area (Å²) in [4.78, 5) is 10.8. The van der Waals surface area contributed by atoms with E-state index in [-0.39, 0.29) is 17.6 Å². The molecule has 0 spiro atoms. The maximum Gasteiger partial charge on any atom is 0.157 e. The molecule has 0 aliphatic carbocycles. The quantitative estimate of drug-likeness (QED) is 0.571. The van der Waals surface area contributed by atoms with Gasteiger partial charge in [-0.05, 0) is 6.92 Å². The van der Waals surface area contributed by atoms with E-state index in [1.807, 2.05) is 6.92 Å². The Labute approximate surface area is 60.0 Å². The van der Waals surface area contributed by atoms with Crippen LogP contribution in [0.25, 0.3) is 0 Å². The second kappa shape index (κ2) is 2.68. The molecule has 0 bridgehead atoms. The molecule has 1 heterocycles. The van der Waals surface area contributed by atoms with Crippen molar-refractivity contribution in [3.63, 3.8) is 0 Å². The van der Waals surface area contributed by atoms with Crippen molar-refractivity contribution in [3.05, 3.63) is 0 Å². The maximum absolute atomic E-state index is 10.8. The van der Waals surface area contributed by atoms with Crippen LogP contribution in [-0.2, 0) is 9.53 Å². The van der Waals surface area contributed by atoms with Crippen molar-refractivity contribution in [1.82, 2.24) is 0 Å². The zero-order chi connectivity index (χ0) is 7.72. The van der Waals surface area contributed by atoms with E-state index in [0.29, 0.717) is 6.61 Å². The summed E-state index contributed by atoms with van der Waals surface area (Å²) in [5, 5.41) is 9.04. The van der Waals surface area contributed by atoms with Crippen LogP contribution in [0.1, 0.15) is 13.8 Å². The van der Waals surface area contributed by atoms with Gasteiger partial charge in [0.15, 0.2) is 6.29 Å². The standard InChI is InChI=1S/C7H12O3/c1-4-6(5(2)8)3-10-7(4)9/h4,6-7,9H,3H2,1-2H3/t4-,6+,7-/m0/s1. The molecule has 10 heavy (non-hydrogen) atoms. The molecule has 3 heteroatoms. The molecule has 0 amide bonds. The second-order valence-electron chi connectivity index (χ2n) is 2.80. The van der Waals surface area contributed by atoms with Gasteiger partial charge in [0, 0.05) is 11.8 Å². The van der Waals surface area contributed by atoms with Gasteiger partial charge in [-0.3, -0.25) is 4.79 Å². The summed E-state index contributed by atoms with van der Waals surface area (Å²) in [6, 6.07) is 0. The first-order chi connectivity index (χ1) is 4.63. The van der Waals surface area contributed by atoms with Crippen LogP contribution in [0.15, 0.2) is 0 Å². The van der Waals surface area contributed by atoms with Crippen LogP contribution in [0.4, 0.5) is 0 Å². The highest BCUT2D eigenvalue weighted by molar-refractivity contribution is 5.78. The van der Waals surface area contributed by atoms with Crippen molar-refractivity contribution in [2.75, 3.05) is 6.61 Å². The molecule has 0 aromatic carbocycles. The van der Waals surface area contributed by atoms with Crippen molar-refractivity contribution in [3.8, 4) is 0 Å². The Kier molecular flexibility index (Phi) is 2.06. The molecule has 0 unspecified atom stereocenters. The Morgan fingerprint density at radius 2 is 2.30 bits per heavy atom. The molecule has 0 aromatic rings. The molecule has 1 saturated heterocycles. The molecule has 0 saturated carbocycles. The molecule has 3 atom stereocenters. The molecular formula is C7H12O3. The zero-order valence-electron chi connectivity index (χ0n) is 6.20. The van der Waals surface area contributed by atoms with Crippen LogP contribution >= 0.6 is 0 Å². The summed E-state index contributed by atoms with van der Waals surface area (Å²) in [6.07, 6.45) is -0.742. The summed E-state index contributed by atoms with van der Waals surface area (Å²) in [5.41, 5.74) is 0. The lowest BCUT2D eigenvalue weighted by Gasteiger charge is -2.10. The summed E-state index contributed by atoms with van der Waals surface area (Å²) in [7, 11) is 0. The average molecular weight is 144 g/mol. The first-order valence-electron chi connectivity index (χ1n) is 3.43. The second-order valence-corrected chi connectivity index (χ2v) is 2.80. The minimum atomic E-state index is -0.742. The Morgan fingerprint density at radius 3 is 2.50 bits per heavy atom. The molecule has 58 valence electrons. The SMILES string of the molecule is CC(=O)[C@@H]1CO[C@H](O)[C@H]1C. The molecule has 1 aliphatic rings. The minimum Gasteiger partial charge on any atom is -0.368 e. The van der Waals surface area contributed by atoms with Crippen molar-refractivity contribution >= 4 is 5.78 Å². The first-order valence-corrected chi connectivity index (χ1v) is 3.43. The monoisotopic (exact) mass is 144 g/mol. The van der Waals surface area contributed by atoms with Crippen molar-refractivity contribution in [2.24, 2.45) is 11.8 Å². The van der Waals surface area contributed by atoms with Gasteiger partial charge in [0.2, 0.25) is 0 Å². The normalized spacial score (nSPS) is 40.1. The van der Waals surface area contributed by atoms with E-state index in [1.165, 1.54) is 6.92 Å². The topological polar surface area (TPSA) is 46.5 Å². The van der Waals surface area contributed by atoms with Crippen LogP contribution in [0.2, 0.25) is 0 Å². The lowest BCUT2D eigenvalue weighted by Crippen LogP contribution is -2.21. The van der Waals surface area contributed by atoms with Gasteiger partial charge in [-0.25, -0.2) is 0 Å². The van der Waals surface area contributed by atoms with Gasteiger partial charge in [0.25, 0.3) is 0 Å². The molecule has 3 nitrogen and oxygen atoms in total. The number of hydrogen-bond acceptors (Lipinski definition) is 3. The lowest BCUT2D eigenvalue weighted by atomic mass is 9.94. The van der Waals surface area contributed by atoms with Gasteiger partial charge < -0.3 is 9.84 Å². The van der Waals surface area contributed by atoms with E-state index in [0.717, 1.165) is 0 Å². The number of Topliss-reactive ketones (excluding diaryl/α,β-unsaturated/α-hetero) is 1. The van der Waals surface area contributed by atoms with Gasteiger partial charge in [-0.1, -0.05) is 6.92 Å². The van der Waals surface area contributed by atoms with E-state index in [9.17, 15) is 4.79 Å². The molecule has 1 fully saturated rings. The van der Waals surface area contributed by atoms with Crippen LogP contribution in [0, 0.1) is 11.8 Å². The zero-order valence-corrected chi connectivity index (χ0v) is 6.20. The predicted octanol–water partition coefficient (Wildman–Crippen LogP) is 0.176. The highest BCUT2D eigenvalue weighted by Gasteiger charge is 2.34. The van der Waals surface area contributed by atoms with E-state index >= 15 is 0 Å². The van der Waals surface area contributed by atoms with Gasteiger partial charge in [-0.2, -0.15) is 0 Å². The summed E-state index contributed by atoms with van der Waals surface area (Å²) in [6.45, 7) is 3.73. The molecular weight excluding hydrogens is 132 g/mol. The van der Waals surface area contributed by atoms with Gasteiger partial charge in [0.05, 0.1) is 6.61 Å². The maximum atomic E-state index is 10.8. The number of hydrogen-bond donors (Lipinski definition) is 1. The summed E-state index contributed by atoms with van der Waals surface area (Å²) >= 11 is 0. The van der Waals surface area contributed by atoms with Crippen LogP contribution in [0.5, 0.6) is 0 Å². The summed E-state index contributed by atoms with van der Waals surface area (Å²) < 4.78 is 4.87. The van der Waals surface area contributed by atoms with Crippen molar-refractivity contribution in [1.29, 1.82) is 0 Å². The van der Waals surface area contributed by atoms with Crippen molar-refractivity contribution < 1.29 is 14.6 Å². The lowest BCUT2D eigenvalue weighted by molar-refractivity contribution is -0.121. The fourth-order valence-electron chi connectivity index (χ4n) is 1.19. The smallest absolute Gasteiger partial charge is 0.157 e. The Bertz CT molecular complexity index is 144. The average Bonchev–Trinajstić information content (AvgIpc) is 2.14. The fraction of sp³-hybridized carbons (Fsp3) is 0.857. The van der Waals surface area contributed by atoms with Crippen LogP contribution < -0.4 is 0 Å². The van der Waals surface area contributed by atoms with E-state index in [2.05, 4.69) is 0 Å². The van der Waals surface area contributed by atoms with E-state index < -0.39 is 6.29 Å². The first kappa shape index (κ1) is 7.69. The van der Waals surface area contributed by atoms with Crippen molar-refractivity contribution in [2.45, 2.75) is 20.1 Å². The number of rotatable bonds is 1. The molecule has 1 N–H and O–H groups in total. The highest BCUT2D eigenvalue weighted by atomic mass is 16.6. The highest BCUT2D eigenvalue weighted by Crippen LogP contribution is 2.25. The third-order valence-corrected chi connectivity index (χ3v) is 2.05. The Morgan fingerprint density at radius 1 is 1.70 bits per heavy atom. The number of carbonyl (C=O) groups excluding carboxylic acids is 1. The number of ether oxygens (including phenoxy) is 1. The van der Waals surface area contributed by atoms with E-state index in [4.69, 9.17) is 9.84 Å². The van der Waals surface area contributed by atoms with Gasteiger partial charge in [-0.15, -0.1) is 0 Å². The third kappa shape index (κ3) is 1.20. The fourth-order valence-corrected chi connectivity index (χ4v) is 1.19. The molecule has 1 aliphatic heterocycles. The van der Waals surface area contributed by atoms with Gasteiger partial charge in [0.1, 0.15) is 5.78 Å². The predicted molar refractivity (Wildman–Crippen MR) is 35.3 cm³/mol. The number of ketones is 1. The largest absolute Gasteiger partial charge is 0.368 e. The van der Waals surface area contributed by atoms with Crippen LogP contribution in [-0.4, -0.2) is 23.8 Å². The number of carbonyl (C=O) groups is 1. The Balaban J connectivity index is 2.57. The summed E-state index contributed by atoms with van der Waals surface area (Å²) in [5.74, 6) is -0.0449. The van der Waals surface area contributed by atoms with E-state index in [1.54, 1.807) is 0 Å². The Hall–Kier alpha value is -0.410. The van der Waals surface area contributed by atoms with Gasteiger partial charge >= 0.3 is 0 Å². The number of aliphatic hydroxyl groups excluding tert-OH is 1.